The van der Waals surface area contributed by atoms with E-state index in [0.29, 0.717) is 18.8 Å². The largest absolute Gasteiger partial charge is 0.497 e. The Balaban J connectivity index is 3.12. The quantitative estimate of drug-likeness (QED) is 0.746. The van der Waals surface area contributed by atoms with Gasteiger partial charge in [-0.2, -0.15) is 0 Å². The van der Waals surface area contributed by atoms with E-state index in [1.54, 1.807) is 14.0 Å². The summed E-state index contributed by atoms with van der Waals surface area (Å²) in [7, 11) is 1.63. The third kappa shape index (κ3) is 3.14. The molecular formula is C13H20O3. The van der Waals surface area contributed by atoms with Gasteiger partial charge in [0.25, 0.3) is 0 Å². The van der Waals surface area contributed by atoms with E-state index in [-0.39, 0.29) is 0 Å². The second kappa shape index (κ2) is 6.38. The summed E-state index contributed by atoms with van der Waals surface area (Å²) in [6, 6.07) is 0. The van der Waals surface area contributed by atoms with E-state index < -0.39 is 6.10 Å². The van der Waals surface area contributed by atoms with Crippen LogP contribution in [0.4, 0.5) is 0 Å². The first kappa shape index (κ1) is 12.8. The highest BCUT2D eigenvalue weighted by atomic mass is 16.5. The molecule has 3 heteroatoms. The van der Waals surface area contributed by atoms with Crippen LogP contribution in [0.25, 0.3) is 0 Å². The standard InChI is InChI=1S/C13H20O3/c1-4-16-13-11(10(2)14)8-6-5-7-9-12(13)15-3/h5,7-8,10,14H,4,6,9H2,1-3H3. The Bertz CT molecular complexity index is 311. The molecule has 0 bridgehead atoms. The molecule has 1 aliphatic rings. The predicted molar refractivity (Wildman–Crippen MR) is 63.8 cm³/mol. The molecule has 0 saturated heterocycles. The van der Waals surface area contributed by atoms with E-state index in [2.05, 4.69) is 6.08 Å². The van der Waals surface area contributed by atoms with Crippen molar-refractivity contribution in [2.45, 2.75) is 32.8 Å². The van der Waals surface area contributed by atoms with Gasteiger partial charge in [-0.1, -0.05) is 18.2 Å². The molecular weight excluding hydrogens is 204 g/mol. The molecule has 1 rings (SSSR count). The van der Waals surface area contributed by atoms with Crippen molar-refractivity contribution in [2.75, 3.05) is 13.7 Å². The average Bonchev–Trinajstić information content (AvgIpc) is 2.22. The van der Waals surface area contributed by atoms with Crippen LogP contribution in [-0.4, -0.2) is 24.9 Å². The van der Waals surface area contributed by atoms with Crippen LogP contribution in [0.2, 0.25) is 0 Å². The van der Waals surface area contributed by atoms with Gasteiger partial charge in [0.2, 0.25) is 0 Å². The average molecular weight is 224 g/mol. The summed E-state index contributed by atoms with van der Waals surface area (Å²) in [6.07, 6.45) is 7.06. The highest BCUT2D eigenvalue weighted by Gasteiger charge is 2.18. The number of aliphatic hydroxyl groups is 1. The number of hydrogen-bond acceptors (Lipinski definition) is 3. The van der Waals surface area contributed by atoms with Crippen LogP contribution in [0.3, 0.4) is 0 Å². The van der Waals surface area contributed by atoms with E-state index >= 15 is 0 Å². The first-order valence-corrected chi connectivity index (χ1v) is 5.64. The topological polar surface area (TPSA) is 38.7 Å². The van der Waals surface area contributed by atoms with Gasteiger partial charge in [0.05, 0.1) is 19.8 Å². The number of ether oxygens (including phenoxy) is 2. The van der Waals surface area contributed by atoms with Gasteiger partial charge in [-0.05, 0) is 20.3 Å². The molecule has 0 radical (unpaired) electrons. The van der Waals surface area contributed by atoms with E-state index in [9.17, 15) is 5.11 Å². The summed E-state index contributed by atoms with van der Waals surface area (Å²) in [4.78, 5) is 0. The van der Waals surface area contributed by atoms with Crippen molar-refractivity contribution in [3.63, 3.8) is 0 Å². The number of allylic oxidation sites excluding steroid dienone is 3. The van der Waals surface area contributed by atoms with Gasteiger partial charge >= 0.3 is 0 Å². The van der Waals surface area contributed by atoms with Crippen molar-refractivity contribution in [1.29, 1.82) is 0 Å². The van der Waals surface area contributed by atoms with Gasteiger partial charge < -0.3 is 14.6 Å². The van der Waals surface area contributed by atoms with Gasteiger partial charge in [-0.3, -0.25) is 0 Å². The van der Waals surface area contributed by atoms with E-state index in [4.69, 9.17) is 9.47 Å². The lowest BCUT2D eigenvalue weighted by Gasteiger charge is -2.19. The molecule has 0 spiro atoms. The lowest BCUT2D eigenvalue weighted by atomic mass is 10.0. The van der Waals surface area contributed by atoms with Crippen LogP contribution in [0.15, 0.2) is 35.3 Å². The van der Waals surface area contributed by atoms with E-state index in [1.807, 2.05) is 19.1 Å². The van der Waals surface area contributed by atoms with Crippen LogP contribution in [0.1, 0.15) is 26.7 Å². The van der Waals surface area contributed by atoms with Crippen molar-refractivity contribution in [3.05, 3.63) is 35.3 Å². The maximum absolute atomic E-state index is 9.74. The van der Waals surface area contributed by atoms with Crippen molar-refractivity contribution in [2.24, 2.45) is 0 Å². The molecule has 0 fully saturated rings. The molecule has 1 N–H and O–H groups in total. The van der Waals surface area contributed by atoms with Crippen LogP contribution in [0.5, 0.6) is 0 Å². The van der Waals surface area contributed by atoms with Gasteiger partial charge in [0.1, 0.15) is 5.76 Å². The van der Waals surface area contributed by atoms with Crippen molar-refractivity contribution in [1.82, 2.24) is 0 Å². The lowest BCUT2D eigenvalue weighted by Crippen LogP contribution is -2.13. The Labute approximate surface area is 97.1 Å². The zero-order valence-corrected chi connectivity index (χ0v) is 10.2. The molecule has 0 aromatic carbocycles. The molecule has 1 unspecified atom stereocenters. The Morgan fingerprint density at radius 3 is 2.75 bits per heavy atom. The van der Waals surface area contributed by atoms with Crippen LogP contribution < -0.4 is 0 Å². The lowest BCUT2D eigenvalue weighted by molar-refractivity contribution is 0.166. The fraction of sp³-hybridized carbons (Fsp3) is 0.538. The molecule has 0 aliphatic heterocycles. The van der Waals surface area contributed by atoms with E-state index in [1.165, 1.54) is 0 Å². The summed E-state index contributed by atoms with van der Waals surface area (Å²) in [6.45, 7) is 4.23. The first-order valence-electron chi connectivity index (χ1n) is 5.64. The molecule has 0 aromatic rings. The van der Waals surface area contributed by atoms with Crippen LogP contribution >= 0.6 is 0 Å². The maximum Gasteiger partial charge on any atom is 0.162 e. The molecule has 0 saturated carbocycles. The highest BCUT2D eigenvalue weighted by Crippen LogP contribution is 2.25. The van der Waals surface area contributed by atoms with Gasteiger partial charge in [-0.15, -0.1) is 0 Å². The summed E-state index contributed by atoms with van der Waals surface area (Å²) in [5, 5.41) is 9.74. The second-order valence-electron chi connectivity index (χ2n) is 3.64. The fourth-order valence-electron chi connectivity index (χ4n) is 1.67. The fourth-order valence-corrected chi connectivity index (χ4v) is 1.67. The predicted octanol–water partition coefficient (Wildman–Crippen LogP) is 2.54. The van der Waals surface area contributed by atoms with Gasteiger partial charge in [0, 0.05) is 12.0 Å². The van der Waals surface area contributed by atoms with Crippen molar-refractivity contribution in [3.8, 4) is 0 Å². The van der Waals surface area contributed by atoms with Gasteiger partial charge in [0.15, 0.2) is 5.76 Å². The minimum atomic E-state index is -0.543. The van der Waals surface area contributed by atoms with Crippen molar-refractivity contribution >= 4 is 0 Å². The number of hydrogen-bond donors (Lipinski definition) is 1. The summed E-state index contributed by atoms with van der Waals surface area (Å²) >= 11 is 0. The Morgan fingerprint density at radius 2 is 2.19 bits per heavy atom. The van der Waals surface area contributed by atoms with Crippen LogP contribution in [0, 0.1) is 0 Å². The van der Waals surface area contributed by atoms with Gasteiger partial charge in [-0.25, -0.2) is 0 Å². The summed E-state index contributed by atoms with van der Waals surface area (Å²) < 4.78 is 10.9. The molecule has 3 nitrogen and oxygen atoms in total. The third-order valence-corrected chi connectivity index (χ3v) is 2.44. The monoisotopic (exact) mass is 224 g/mol. The zero-order chi connectivity index (χ0) is 12.0. The molecule has 0 amide bonds. The molecule has 16 heavy (non-hydrogen) atoms. The Morgan fingerprint density at radius 1 is 1.44 bits per heavy atom. The normalized spacial score (nSPS) is 18.6. The smallest absolute Gasteiger partial charge is 0.162 e. The number of methoxy groups -OCH3 is 1. The molecule has 1 atom stereocenters. The zero-order valence-electron chi connectivity index (χ0n) is 10.2. The van der Waals surface area contributed by atoms with E-state index in [0.717, 1.165) is 17.8 Å². The van der Waals surface area contributed by atoms with Crippen LogP contribution in [-0.2, 0) is 9.47 Å². The molecule has 1 aliphatic carbocycles. The second-order valence-corrected chi connectivity index (χ2v) is 3.64. The highest BCUT2D eigenvalue weighted by molar-refractivity contribution is 5.34. The molecule has 0 aromatic heterocycles. The number of aliphatic hydroxyl groups excluding tert-OH is 1. The SMILES string of the molecule is CCOC1=C(OC)CC=CCC=C1C(C)O. The summed E-state index contributed by atoms with van der Waals surface area (Å²) in [5.41, 5.74) is 0.808. The van der Waals surface area contributed by atoms with Crippen molar-refractivity contribution < 1.29 is 14.6 Å². The minimum Gasteiger partial charge on any atom is -0.497 e. The number of rotatable bonds is 4. The third-order valence-electron chi connectivity index (χ3n) is 2.44. The Hall–Kier alpha value is -1.22. The summed E-state index contributed by atoms with van der Waals surface area (Å²) in [5.74, 6) is 1.45. The Kier molecular flexibility index (Phi) is 5.12. The minimum absolute atomic E-state index is 0.543. The first-order chi connectivity index (χ1) is 7.70. The molecule has 0 heterocycles. The maximum atomic E-state index is 9.74. The molecule has 90 valence electrons.